The standard InChI is InChI=1S/C21H34N6.2ClH.2H2O/c1-4-26(5-2)19-15-18(16-9-7-6-8-10-16)22-21-23-20(24-27(19)21)17-11-13-25(3)14-12-17;;;;/h15-17H,4-14H2,1-3H3;2*1H;2*1H2. The molecule has 0 atom stereocenters. The summed E-state index contributed by atoms with van der Waals surface area (Å²) in [5.41, 5.74) is 1.23. The van der Waals surface area contributed by atoms with Crippen LogP contribution in [-0.4, -0.2) is 68.7 Å². The highest BCUT2D eigenvalue weighted by molar-refractivity contribution is 5.85. The van der Waals surface area contributed by atoms with Crippen LogP contribution in [0, 0.1) is 0 Å². The summed E-state index contributed by atoms with van der Waals surface area (Å²) in [6, 6.07) is 2.29. The first-order valence-electron chi connectivity index (χ1n) is 10.9. The fourth-order valence-electron chi connectivity index (χ4n) is 4.71. The highest BCUT2D eigenvalue weighted by Crippen LogP contribution is 2.34. The number of piperidine rings is 1. The van der Waals surface area contributed by atoms with Gasteiger partial charge in [-0.1, -0.05) is 19.3 Å². The molecule has 8 nitrogen and oxygen atoms in total. The van der Waals surface area contributed by atoms with Gasteiger partial charge in [-0.25, -0.2) is 4.98 Å². The summed E-state index contributed by atoms with van der Waals surface area (Å²) >= 11 is 0. The van der Waals surface area contributed by atoms with Gasteiger partial charge in [-0.05, 0) is 59.7 Å². The number of aromatic nitrogens is 4. The van der Waals surface area contributed by atoms with E-state index in [2.05, 4.69) is 36.8 Å². The molecule has 2 aromatic rings. The van der Waals surface area contributed by atoms with E-state index in [-0.39, 0.29) is 35.8 Å². The van der Waals surface area contributed by atoms with Crippen molar-refractivity contribution in [3.63, 3.8) is 0 Å². The largest absolute Gasteiger partial charge is 0.412 e. The minimum absolute atomic E-state index is 0. The summed E-state index contributed by atoms with van der Waals surface area (Å²) in [6.45, 7) is 8.63. The molecule has 4 rings (SSSR count). The number of rotatable bonds is 5. The third kappa shape index (κ3) is 6.42. The average Bonchev–Trinajstić information content (AvgIpc) is 3.14. The summed E-state index contributed by atoms with van der Waals surface area (Å²) in [5.74, 6) is 4.00. The molecule has 0 spiro atoms. The minimum atomic E-state index is 0. The summed E-state index contributed by atoms with van der Waals surface area (Å²) in [6.07, 6.45) is 8.82. The number of likely N-dealkylation sites (tertiary alicyclic amines) is 1. The maximum atomic E-state index is 4.99. The molecule has 0 radical (unpaired) electrons. The summed E-state index contributed by atoms with van der Waals surface area (Å²) in [5, 5.41) is 4.95. The topological polar surface area (TPSA) is 113 Å². The molecule has 2 fully saturated rings. The van der Waals surface area contributed by atoms with Crippen LogP contribution in [0.25, 0.3) is 5.78 Å². The van der Waals surface area contributed by atoms with E-state index in [1.54, 1.807) is 0 Å². The van der Waals surface area contributed by atoms with Crippen molar-refractivity contribution in [3.8, 4) is 0 Å². The van der Waals surface area contributed by atoms with Crippen LogP contribution in [0.4, 0.5) is 5.82 Å². The molecule has 2 aliphatic rings. The van der Waals surface area contributed by atoms with E-state index in [4.69, 9.17) is 15.1 Å². The normalized spacial score (nSPS) is 17.8. The van der Waals surface area contributed by atoms with Gasteiger partial charge in [0.25, 0.3) is 5.78 Å². The van der Waals surface area contributed by atoms with Gasteiger partial charge in [-0.3, -0.25) is 0 Å². The van der Waals surface area contributed by atoms with Gasteiger partial charge < -0.3 is 20.8 Å². The van der Waals surface area contributed by atoms with Crippen LogP contribution in [0.2, 0.25) is 0 Å². The quantitative estimate of drug-likeness (QED) is 0.654. The van der Waals surface area contributed by atoms with Crippen LogP contribution in [0.5, 0.6) is 0 Å². The Bertz CT molecular complexity index is 773. The van der Waals surface area contributed by atoms with Crippen LogP contribution in [0.3, 0.4) is 0 Å². The molecule has 4 N–H and O–H groups in total. The predicted octanol–water partition coefficient (Wildman–Crippen LogP) is 3.02. The minimum Gasteiger partial charge on any atom is -0.412 e. The number of halogens is 2. The van der Waals surface area contributed by atoms with Crippen molar-refractivity contribution in [2.45, 2.75) is 70.6 Å². The van der Waals surface area contributed by atoms with Gasteiger partial charge in [0.1, 0.15) is 5.82 Å². The van der Waals surface area contributed by atoms with Gasteiger partial charge >= 0.3 is 0 Å². The van der Waals surface area contributed by atoms with Gasteiger partial charge in [-0.2, -0.15) is 9.50 Å². The summed E-state index contributed by atoms with van der Waals surface area (Å²) < 4.78 is 2.01. The molecule has 2 aromatic heterocycles. The zero-order valence-corrected chi connectivity index (χ0v) is 20.6. The lowest BCUT2D eigenvalue weighted by atomic mass is 9.87. The molecule has 1 aliphatic heterocycles. The van der Waals surface area contributed by atoms with Crippen molar-refractivity contribution in [2.24, 2.45) is 0 Å². The van der Waals surface area contributed by atoms with Crippen molar-refractivity contribution in [1.82, 2.24) is 24.5 Å². The Morgan fingerprint density at radius 2 is 1.52 bits per heavy atom. The predicted molar refractivity (Wildman–Crippen MR) is 131 cm³/mol. The van der Waals surface area contributed by atoms with E-state index in [1.807, 2.05) is 4.52 Å². The Labute approximate surface area is 198 Å². The van der Waals surface area contributed by atoms with Crippen molar-refractivity contribution < 1.29 is 11.0 Å². The lowest BCUT2D eigenvalue weighted by Gasteiger charge is -2.27. The van der Waals surface area contributed by atoms with E-state index in [0.717, 1.165) is 56.4 Å². The average molecular weight is 479 g/mol. The zero-order chi connectivity index (χ0) is 18.8. The van der Waals surface area contributed by atoms with Gasteiger partial charge in [0, 0.05) is 31.0 Å². The molecular formula is C21H40Cl2N6O2. The van der Waals surface area contributed by atoms with Gasteiger partial charge in [-0.15, -0.1) is 29.9 Å². The monoisotopic (exact) mass is 478 g/mol. The second-order valence-electron chi connectivity index (χ2n) is 8.31. The van der Waals surface area contributed by atoms with Crippen molar-refractivity contribution in [2.75, 3.05) is 38.1 Å². The van der Waals surface area contributed by atoms with E-state index in [0.29, 0.717) is 11.8 Å². The van der Waals surface area contributed by atoms with E-state index >= 15 is 0 Å². The van der Waals surface area contributed by atoms with Gasteiger partial charge in [0.2, 0.25) is 0 Å². The lowest BCUT2D eigenvalue weighted by molar-refractivity contribution is 0.251. The van der Waals surface area contributed by atoms with Crippen LogP contribution in [-0.2, 0) is 0 Å². The molecule has 1 saturated carbocycles. The van der Waals surface area contributed by atoms with E-state index < -0.39 is 0 Å². The zero-order valence-electron chi connectivity index (χ0n) is 19.0. The molecule has 31 heavy (non-hydrogen) atoms. The fraction of sp³-hybridized carbons (Fsp3) is 0.762. The molecule has 0 aromatic carbocycles. The van der Waals surface area contributed by atoms with Crippen molar-refractivity contribution in [1.29, 1.82) is 0 Å². The van der Waals surface area contributed by atoms with Crippen molar-refractivity contribution in [3.05, 3.63) is 17.6 Å². The Morgan fingerprint density at radius 3 is 2.10 bits per heavy atom. The smallest absolute Gasteiger partial charge is 0.254 e. The second kappa shape index (κ2) is 13.4. The highest BCUT2D eigenvalue weighted by atomic mass is 35.5. The van der Waals surface area contributed by atoms with Gasteiger partial charge in [0.05, 0.1) is 5.69 Å². The Hall–Kier alpha value is -1.19. The summed E-state index contributed by atoms with van der Waals surface area (Å²) in [4.78, 5) is 14.7. The number of hydrogen-bond acceptors (Lipinski definition) is 5. The molecular weight excluding hydrogens is 439 g/mol. The third-order valence-corrected chi connectivity index (χ3v) is 6.52. The van der Waals surface area contributed by atoms with Gasteiger partial charge in [0.15, 0.2) is 5.82 Å². The molecule has 3 heterocycles. The number of fused-ring (bicyclic) bond motifs is 1. The second-order valence-corrected chi connectivity index (χ2v) is 8.31. The molecule has 180 valence electrons. The van der Waals surface area contributed by atoms with Crippen LogP contribution >= 0.6 is 24.8 Å². The van der Waals surface area contributed by atoms with Crippen LogP contribution in [0.15, 0.2) is 6.07 Å². The number of hydrogen-bond donors (Lipinski definition) is 0. The summed E-state index contributed by atoms with van der Waals surface area (Å²) in [7, 11) is 2.20. The first kappa shape index (κ1) is 29.8. The Kier molecular flexibility index (Phi) is 12.9. The SMILES string of the molecule is CCN(CC)c1cc(C2CCCCC2)nc2nc(C3CCN(C)CC3)nn12.Cl.Cl.O.O. The third-order valence-electron chi connectivity index (χ3n) is 6.52. The van der Waals surface area contributed by atoms with Crippen molar-refractivity contribution >= 4 is 36.4 Å². The van der Waals surface area contributed by atoms with E-state index in [1.165, 1.54) is 37.8 Å². The number of anilines is 1. The number of nitrogens with zero attached hydrogens (tertiary/aromatic N) is 6. The maximum absolute atomic E-state index is 4.99. The lowest BCUT2D eigenvalue weighted by Crippen LogP contribution is -2.29. The fourth-order valence-corrected chi connectivity index (χ4v) is 4.71. The van der Waals surface area contributed by atoms with Crippen LogP contribution < -0.4 is 4.90 Å². The Morgan fingerprint density at radius 1 is 0.903 bits per heavy atom. The molecule has 1 aliphatic carbocycles. The Balaban J connectivity index is 0.00000225. The maximum Gasteiger partial charge on any atom is 0.254 e. The molecule has 1 saturated heterocycles. The highest BCUT2D eigenvalue weighted by Gasteiger charge is 2.25. The first-order chi connectivity index (χ1) is 13.2. The first-order valence-corrected chi connectivity index (χ1v) is 10.9. The molecule has 0 amide bonds. The van der Waals surface area contributed by atoms with E-state index in [9.17, 15) is 0 Å². The van der Waals surface area contributed by atoms with Crippen LogP contribution in [0.1, 0.15) is 82.1 Å². The molecule has 10 heteroatoms. The molecule has 0 unspecified atom stereocenters. The molecule has 0 bridgehead atoms.